The summed E-state index contributed by atoms with van der Waals surface area (Å²) in [6.07, 6.45) is 1.45. The van der Waals surface area contributed by atoms with Crippen LogP contribution in [0.3, 0.4) is 0 Å². The van der Waals surface area contributed by atoms with E-state index in [1.807, 2.05) is 0 Å². The molecule has 0 radical (unpaired) electrons. The number of nitrogen functional groups attached to an aromatic ring is 1. The van der Waals surface area contributed by atoms with E-state index in [4.69, 9.17) is 5.73 Å². The molecule has 0 atom stereocenters. The molecule has 7 heteroatoms. The molecule has 2 rings (SSSR count). The molecule has 104 valence electrons. The highest BCUT2D eigenvalue weighted by atomic mass is 19.3. The monoisotopic (exact) mass is 279 g/mol. The van der Waals surface area contributed by atoms with Crippen LogP contribution in [-0.2, 0) is 0 Å². The minimum absolute atomic E-state index is 0.0298. The molecule has 5 nitrogen and oxygen atoms in total. The van der Waals surface area contributed by atoms with Crippen LogP contribution in [0, 0.1) is 0 Å². The third-order valence-electron chi connectivity index (χ3n) is 2.42. The SMILES string of the molecule is Nc1cccnc1NC(=O)c1ccccc1OC(F)F. The number of hydrogen-bond donors (Lipinski definition) is 2. The van der Waals surface area contributed by atoms with E-state index in [9.17, 15) is 13.6 Å². The van der Waals surface area contributed by atoms with Crippen molar-refractivity contribution in [2.45, 2.75) is 6.61 Å². The lowest BCUT2D eigenvalue weighted by molar-refractivity contribution is -0.0501. The summed E-state index contributed by atoms with van der Waals surface area (Å²) >= 11 is 0. The first-order valence-corrected chi connectivity index (χ1v) is 5.63. The molecule has 0 bridgehead atoms. The molecule has 0 aliphatic carbocycles. The Labute approximate surface area is 113 Å². The number of rotatable bonds is 4. The summed E-state index contributed by atoms with van der Waals surface area (Å²) in [5, 5.41) is 2.44. The maximum Gasteiger partial charge on any atom is 0.387 e. The Balaban J connectivity index is 2.23. The number of pyridine rings is 1. The number of nitrogens with zero attached hydrogens (tertiary/aromatic N) is 1. The molecule has 0 aliphatic rings. The second kappa shape index (κ2) is 5.96. The number of ether oxygens (including phenoxy) is 1. The highest BCUT2D eigenvalue weighted by Crippen LogP contribution is 2.22. The molecule has 0 unspecified atom stereocenters. The minimum atomic E-state index is -3.01. The number of carbonyl (C=O) groups excluding carboxylic acids is 1. The van der Waals surface area contributed by atoms with Gasteiger partial charge < -0.3 is 15.8 Å². The van der Waals surface area contributed by atoms with Gasteiger partial charge in [-0.05, 0) is 24.3 Å². The van der Waals surface area contributed by atoms with E-state index in [1.165, 1.54) is 30.5 Å². The molecular formula is C13H11F2N3O2. The number of amides is 1. The Kier molecular flexibility index (Phi) is 4.09. The molecule has 20 heavy (non-hydrogen) atoms. The maximum absolute atomic E-state index is 12.3. The van der Waals surface area contributed by atoms with Crippen molar-refractivity contribution in [2.24, 2.45) is 0 Å². The van der Waals surface area contributed by atoms with Gasteiger partial charge in [0.1, 0.15) is 5.75 Å². The van der Waals surface area contributed by atoms with Gasteiger partial charge in [0.05, 0.1) is 11.3 Å². The van der Waals surface area contributed by atoms with Crippen molar-refractivity contribution in [3.8, 4) is 5.75 Å². The van der Waals surface area contributed by atoms with E-state index in [0.717, 1.165) is 0 Å². The number of nitrogens with two attached hydrogens (primary N) is 1. The van der Waals surface area contributed by atoms with Crippen LogP contribution in [0.2, 0.25) is 0 Å². The van der Waals surface area contributed by atoms with E-state index < -0.39 is 12.5 Å². The molecule has 2 aromatic rings. The second-order valence-electron chi connectivity index (χ2n) is 3.77. The number of nitrogens with one attached hydrogen (secondary N) is 1. The summed E-state index contributed by atoms with van der Waals surface area (Å²) in [6.45, 7) is -3.01. The quantitative estimate of drug-likeness (QED) is 0.901. The fourth-order valence-electron chi connectivity index (χ4n) is 1.55. The number of benzene rings is 1. The summed E-state index contributed by atoms with van der Waals surface area (Å²) in [7, 11) is 0. The first-order valence-electron chi connectivity index (χ1n) is 5.63. The second-order valence-corrected chi connectivity index (χ2v) is 3.77. The molecule has 0 saturated carbocycles. The van der Waals surface area contributed by atoms with Gasteiger partial charge in [0.25, 0.3) is 5.91 Å². The number of halogens is 2. The van der Waals surface area contributed by atoms with Crippen molar-refractivity contribution in [2.75, 3.05) is 11.1 Å². The van der Waals surface area contributed by atoms with E-state index in [-0.39, 0.29) is 22.8 Å². The molecule has 1 amide bonds. The number of carbonyl (C=O) groups is 1. The average Bonchev–Trinajstić information content (AvgIpc) is 2.41. The van der Waals surface area contributed by atoms with Gasteiger partial charge in [0.15, 0.2) is 5.82 Å². The number of hydrogen-bond acceptors (Lipinski definition) is 4. The molecule has 1 heterocycles. The molecule has 0 aliphatic heterocycles. The summed E-state index contributed by atoms with van der Waals surface area (Å²) in [4.78, 5) is 15.9. The van der Waals surface area contributed by atoms with Crippen molar-refractivity contribution in [1.29, 1.82) is 0 Å². The average molecular weight is 279 g/mol. The Morgan fingerprint density at radius 2 is 2.00 bits per heavy atom. The molecule has 0 spiro atoms. The van der Waals surface area contributed by atoms with Crippen LogP contribution in [0.25, 0.3) is 0 Å². The van der Waals surface area contributed by atoms with E-state index in [1.54, 1.807) is 12.1 Å². The summed E-state index contributed by atoms with van der Waals surface area (Å²) in [5.41, 5.74) is 5.88. The molecule has 0 fully saturated rings. The summed E-state index contributed by atoms with van der Waals surface area (Å²) in [5.74, 6) is -0.689. The Morgan fingerprint density at radius 3 is 2.70 bits per heavy atom. The molecule has 3 N–H and O–H groups in total. The van der Waals surface area contributed by atoms with Crippen LogP contribution in [0.1, 0.15) is 10.4 Å². The van der Waals surface area contributed by atoms with Crippen molar-refractivity contribution in [3.63, 3.8) is 0 Å². The zero-order valence-corrected chi connectivity index (χ0v) is 10.2. The van der Waals surface area contributed by atoms with Crippen LogP contribution in [0.15, 0.2) is 42.6 Å². The Morgan fingerprint density at radius 1 is 1.25 bits per heavy atom. The number of anilines is 2. The normalized spacial score (nSPS) is 10.3. The van der Waals surface area contributed by atoms with Crippen LogP contribution in [0.4, 0.5) is 20.3 Å². The maximum atomic E-state index is 12.3. The summed E-state index contributed by atoms with van der Waals surface area (Å²) in [6, 6.07) is 8.84. The van der Waals surface area contributed by atoms with Gasteiger partial charge in [-0.3, -0.25) is 4.79 Å². The topological polar surface area (TPSA) is 77.2 Å². The van der Waals surface area contributed by atoms with Crippen molar-refractivity contribution in [1.82, 2.24) is 4.98 Å². The Bertz CT molecular complexity index is 620. The van der Waals surface area contributed by atoms with Crippen LogP contribution >= 0.6 is 0 Å². The van der Waals surface area contributed by atoms with Crippen LogP contribution in [0.5, 0.6) is 5.75 Å². The third kappa shape index (κ3) is 3.19. The first kappa shape index (κ1) is 13.7. The van der Waals surface area contributed by atoms with Gasteiger partial charge in [-0.25, -0.2) is 4.98 Å². The zero-order valence-electron chi connectivity index (χ0n) is 10.2. The lowest BCUT2D eigenvalue weighted by atomic mass is 10.2. The van der Waals surface area contributed by atoms with Crippen molar-refractivity contribution in [3.05, 3.63) is 48.2 Å². The molecular weight excluding hydrogens is 268 g/mol. The largest absolute Gasteiger partial charge is 0.434 e. The fourth-order valence-corrected chi connectivity index (χ4v) is 1.55. The zero-order chi connectivity index (χ0) is 14.5. The number of alkyl halides is 2. The van der Waals surface area contributed by atoms with Gasteiger partial charge >= 0.3 is 6.61 Å². The van der Waals surface area contributed by atoms with E-state index in [0.29, 0.717) is 0 Å². The van der Waals surface area contributed by atoms with Gasteiger partial charge in [-0.2, -0.15) is 8.78 Å². The fraction of sp³-hybridized carbons (Fsp3) is 0.0769. The highest BCUT2D eigenvalue weighted by Gasteiger charge is 2.16. The number of aromatic nitrogens is 1. The standard InChI is InChI=1S/C13H11F2N3O2/c14-13(15)20-10-6-2-1-4-8(10)12(19)18-11-9(16)5-3-7-17-11/h1-7,13H,16H2,(H,17,18,19). The van der Waals surface area contributed by atoms with Gasteiger partial charge in [0, 0.05) is 6.20 Å². The number of para-hydroxylation sites is 1. The van der Waals surface area contributed by atoms with Crippen molar-refractivity contribution >= 4 is 17.4 Å². The predicted molar refractivity (Wildman–Crippen MR) is 69.7 cm³/mol. The van der Waals surface area contributed by atoms with Gasteiger partial charge in [-0.15, -0.1) is 0 Å². The van der Waals surface area contributed by atoms with Crippen LogP contribution in [-0.4, -0.2) is 17.5 Å². The third-order valence-corrected chi connectivity index (χ3v) is 2.42. The highest BCUT2D eigenvalue weighted by molar-refractivity contribution is 6.06. The smallest absolute Gasteiger partial charge is 0.387 e. The van der Waals surface area contributed by atoms with Gasteiger partial charge in [-0.1, -0.05) is 12.1 Å². The lowest BCUT2D eigenvalue weighted by Crippen LogP contribution is -2.16. The minimum Gasteiger partial charge on any atom is -0.434 e. The van der Waals surface area contributed by atoms with Gasteiger partial charge in [0.2, 0.25) is 0 Å². The molecule has 0 saturated heterocycles. The van der Waals surface area contributed by atoms with E-state index in [2.05, 4.69) is 15.0 Å². The van der Waals surface area contributed by atoms with E-state index >= 15 is 0 Å². The lowest BCUT2D eigenvalue weighted by Gasteiger charge is -2.11. The summed E-state index contributed by atoms with van der Waals surface area (Å²) < 4.78 is 28.8. The van der Waals surface area contributed by atoms with Crippen molar-refractivity contribution < 1.29 is 18.3 Å². The Hall–Kier alpha value is -2.70. The first-order chi connectivity index (χ1) is 9.58. The predicted octanol–water partition coefficient (Wildman–Crippen LogP) is 2.52. The molecule has 1 aromatic heterocycles. The molecule has 1 aromatic carbocycles. The van der Waals surface area contributed by atoms with Crippen LogP contribution < -0.4 is 15.8 Å².